The maximum absolute atomic E-state index is 5.48. The van der Waals surface area contributed by atoms with Gasteiger partial charge in [0, 0.05) is 12.6 Å². The van der Waals surface area contributed by atoms with Crippen molar-refractivity contribution in [3.63, 3.8) is 0 Å². The lowest BCUT2D eigenvalue weighted by atomic mass is 9.84. The first-order valence-electron chi connectivity index (χ1n) is 6.88. The van der Waals surface area contributed by atoms with Crippen LogP contribution in [0.5, 0.6) is 0 Å². The first-order valence-corrected chi connectivity index (χ1v) is 6.88. The second-order valence-electron chi connectivity index (χ2n) is 4.87. The molecule has 2 rings (SSSR count). The third-order valence-corrected chi connectivity index (χ3v) is 3.69. The molecule has 0 spiro atoms. The Bertz CT molecular complexity index is 367. The van der Waals surface area contributed by atoms with Crippen molar-refractivity contribution in [3.8, 4) is 0 Å². The van der Waals surface area contributed by atoms with Crippen LogP contribution in [0.15, 0.2) is 4.52 Å². The number of ether oxygens (including phenoxy) is 1. The number of nitrogens with one attached hydrogen (secondary N) is 1. The van der Waals surface area contributed by atoms with Crippen LogP contribution in [0.4, 0.5) is 0 Å². The molecule has 1 saturated carbocycles. The number of aromatic nitrogens is 2. The van der Waals surface area contributed by atoms with E-state index in [-0.39, 0.29) is 6.10 Å². The van der Waals surface area contributed by atoms with Crippen LogP contribution in [0.2, 0.25) is 0 Å². The normalized spacial score (nSPS) is 26.2. The van der Waals surface area contributed by atoms with Crippen LogP contribution in [-0.4, -0.2) is 29.8 Å². The Hall–Kier alpha value is -0.940. The van der Waals surface area contributed by atoms with E-state index in [9.17, 15) is 0 Å². The third kappa shape index (κ3) is 2.90. The third-order valence-electron chi connectivity index (χ3n) is 3.69. The predicted octanol–water partition coefficient (Wildman–Crippen LogP) is 2.41. The van der Waals surface area contributed by atoms with Crippen LogP contribution in [0.3, 0.4) is 0 Å². The number of rotatable bonds is 5. The first-order chi connectivity index (χ1) is 8.76. The lowest BCUT2D eigenvalue weighted by Crippen LogP contribution is -2.34. The van der Waals surface area contributed by atoms with E-state index in [4.69, 9.17) is 9.26 Å². The molecule has 0 radical (unpaired) electrons. The Balaban J connectivity index is 2.08. The monoisotopic (exact) mass is 253 g/mol. The summed E-state index contributed by atoms with van der Waals surface area (Å²) in [5.41, 5.74) is 0. The molecule has 0 bridgehead atoms. The fourth-order valence-corrected chi connectivity index (χ4v) is 2.66. The van der Waals surface area contributed by atoms with Gasteiger partial charge < -0.3 is 14.6 Å². The maximum atomic E-state index is 5.48. The summed E-state index contributed by atoms with van der Waals surface area (Å²) in [5.74, 6) is 1.77. The Morgan fingerprint density at radius 2 is 2.22 bits per heavy atom. The molecule has 3 unspecified atom stereocenters. The molecule has 1 heterocycles. The molecule has 5 nitrogen and oxygen atoms in total. The fourth-order valence-electron chi connectivity index (χ4n) is 2.66. The van der Waals surface area contributed by atoms with Crippen LogP contribution < -0.4 is 5.32 Å². The zero-order valence-electron chi connectivity index (χ0n) is 11.5. The minimum absolute atomic E-state index is 0.0934. The molecule has 0 aliphatic heterocycles. The minimum Gasteiger partial charge on any atom is -0.371 e. The average molecular weight is 253 g/mol. The smallest absolute Gasteiger partial charge is 0.231 e. The highest BCUT2D eigenvalue weighted by molar-refractivity contribution is 5.02. The fraction of sp³-hybridized carbons (Fsp3) is 0.846. The number of likely N-dealkylation sites (N-methyl/N-ethyl adjacent to an activating group) is 1. The molecule has 3 atom stereocenters. The van der Waals surface area contributed by atoms with Crippen molar-refractivity contribution in [1.29, 1.82) is 0 Å². The summed E-state index contributed by atoms with van der Waals surface area (Å²) < 4.78 is 10.9. The maximum Gasteiger partial charge on any atom is 0.231 e. The first kappa shape index (κ1) is 13.5. The van der Waals surface area contributed by atoms with Gasteiger partial charge in [-0.3, -0.25) is 0 Å². The summed E-state index contributed by atoms with van der Waals surface area (Å²) in [6.45, 7) is 4.58. The number of hydrogen-bond acceptors (Lipinski definition) is 5. The Morgan fingerprint density at radius 1 is 1.44 bits per heavy atom. The van der Waals surface area contributed by atoms with Crippen molar-refractivity contribution in [3.05, 3.63) is 11.7 Å². The Labute approximate surface area is 108 Å². The van der Waals surface area contributed by atoms with Crippen molar-refractivity contribution >= 4 is 0 Å². The van der Waals surface area contributed by atoms with Gasteiger partial charge in [0.25, 0.3) is 0 Å². The molecule has 1 N–H and O–H groups in total. The van der Waals surface area contributed by atoms with Crippen molar-refractivity contribution in [1.82, 2.24) is 15.5 Å². The van der Waals surface area contributed by atoms with Crippen molar-refractivity contribution in [2.45, 2.75) is 57.6 Å². The largest absolute Gasteiger partial charge is 0.371 e. The van der Waals surface area contributed by atoms with E-state index >= 15 is 0 Å². The highest BCUT2D eigenvalue weighted by Gasteiger charge is 2.30. The summed E-state index contributed by atoms with van der Waals surface area (Å²) in [6.07, 6.45) is 4.72. The average Bonchev–Trinajstić information content (AvgIpc) is 2.88. The second kappa shape index (κ2) is 6.29. The molecular formula is C13H23N3O2. The molecule has 5 heteroatoms. The highest BCUT2D eigenvalue weighted by atomic mass is 16.5. The lowest BCUT2D eigenvalue weighted by molar-refractivity contribution is 0.0683. The molecule has 1 aromatic heterocycles. The topological polar surface area (TPSA) is 60.2 Å². The Kier molecular flexibility index (Phi) is 4.72. The summed E-state index contributed by atoms with van der Waals surface area (Å²) in [7, 11) is 2.00. The van der Waals surface area contributed by atoms with E-state index in [1.807, 2.05) is 20.9 Å². The zero-order chi connectivity index (χ0) is 13.0. The van der Waals surface area contributed by atoms with Crippen LogP contribution >= 0.6 is 0 Å². The standard InChI is InChI=1S/C13H23N3O2/c1-4-17-9(2)12-15-13(18-16-12)10-7-5-6-8-11(10)14-3/h9-11,14H,4-8H2,1-3H3. The van der Waals surface area contributed by atoms with Crippen molar-refractivity contribution < 1.29 is 9.26 Å². The van der Waals surface area contributed by atoms with Gasteiger partial charge in [0.15, 0.2) is 5.82 Å². The van der Waals surface area contributed by atoms with Gasteiger partial charge in [0.2, 0.25) is 5.89 Å². The van der Waals surface area contributed by atoms with Crippen LogP contribution in [0.25, 0.3) is 0 Å². The van der Waals surface area contributed by atoms with Crippen LogP contribution in [-0.2, 0) is 4.74 Å². The molecular weight excluding hydrogens is 230 g/mol. The van der Waals surface area contributed by atoms with Gasteiger partial charge in [-0.2, -0.15) is 4.98 Å². The SMILES string of the molecule is CCOC(C)c1noc(C2CCCCC2NC)n1. The molecule has 18 heavy (non-hydrogen) atoms. The highest BCUT2D eigenvalue weighted by Crippen LogP contribution is 2.32. The molecule has 1 aliphatic rings. The van der Waals surface area contributed by atoms with Gasteiger partial charge in [0.05, 0.1) is 5.92 Å². The molecule has 1 aromatic rings. The van der Waals surface area contributed by atoms with Crippen LogP contribution in [0.1, 0.15) is 63.3 Å². The predicted molar refractivity (Wildman–Crippen MR) is 68.4 cm³/mol. The summed E-state index contributed by atoms with van der Waals surface area (Å²) >= 11 is 0. The van der Waals surface area contributed by atoms with E-state index < -0.39 is 0 Å². The van der Waals surface area contributed by atoms with Crippen molar-refractivity contribution in [2.75, 3.05) is 13.7 Å². The summed E-state index contributed by atoms with van der Waals surface area (Å²) in [4.78, 5) is 4.51. The molecule has 102 valence electrons. The molecule has 0 amide bonds. The molecule has 1 fully saturated rings. The summed E-state index contributed by atoms with van der Waals surface area (Å²) in [6, 6.07) is 0.453. The van der Waals surface area contributed by atoms with E-state index in [0.29, 0.717) is 24.4 Å². The van der Waals surface area contributed by atoms with Gasteiger partial charge >= 0.3 is 0 Å². The molecule has 1 aliphatic carbocycles. The molecule has 0 saturated heterocycles. The second-order valence-corrected chi connectivity index (χ2v) is 4.87. The van der Waals surface area contributed by atoms with Gasteiger partial charge in [-0.05, 0) is 33.7 Å². The van der Waals surface area contributed by atoms with E-state index in [1.54, 1.807) is 0 Å². The van der Waals surface area contributed by atoms with Crippen molar-refractivity contribution in [2.24, 2.45) is 0 Å². The Morgan fingerprint density at radius 3 is 2.94 bits per heavy atom. The van der Waals surface area contributed by atoms with Gasteiger partial charge in [-0.25, -0.2) is 0 Å². The van der Waals surface area contributed by atoms with Gasteiger partial charge in [0.1, 0.15) is 6.10 Å². The van der Waals surface area contributed by atoms with E-state index in [1.165, 1.54) is 19.3 Å². The number of nitrogens with zero attached hydrogens (tertiary/aromatic N) is 2. The van der Waals surface area contributed by atoms with Gasteiger partial charge in [-0.15, -0.1) is 0 Å². The quantitative estimate of drug-likeness (QED) is 0.873. The van der Waals surface area contributed by atoms with Gasteiger partial charge in [-0.1, -0.05) is 18.0 Å². The van der Waals surface area contributed by atoms with E-state index in [2.05, 4.69) is 15.5 Å². The lowest BCUT2D eigenvalue weighted by Gasteiger charge is -2.28. The zero-order valence-corrected chi connectivity index (χ0v) is 11.5. The van der Waals surface area contributed by atoms with Crippen LogP contribution in [0, 0.1) is 0 Å². The summed E-state index contributed by atoms with van der Waals surface area (Å²) in [5, 5.41) is 7.40. The van der Waals surface area contributed by atoms with E-state index in [0.717, 1.165) is 12.3 Å². The minimum atomic E-state index is -0.0934. The number of hydrogen-bond donors (Lipinski definition) is 1. The molecule has 0 aromatic carbocycles.